The molecule has 0 fully saturated rings. The molecular formula is C27H20F3NO5. The first kappa shape index (κ1) is 24.7. The zero-order valence-electron chi connectivity index (χ0n) is 19.2. The molecular weight excluding hydrogens is 475 g/mol. The zero-order valence-corrected chi connectivity index (χ0v) is 19.2. The van der Waals surface area contributed by atoms with Crippen LogP contribution in [0.1, 0.15) is 28.4 Å². The van der Waals surface area contributed by atoms with Gasteiger partial charge in [-0.3, -0.25) is 9.59 Å². The highest BCUT2D eigenvalue weighted by atomic mass is 19.4. The second kappa shape index (κ2) is 9.69. The number of rotatable bonds is 5. The van der Waals surface area contributed by atoms with Crippen molar-refractivity contribution in [2.24, 2.45) is 0 Å². The standard InChI is InChI=1S/C27H20F3NO5/c1-15-22(32)20-12-7-13-21(24(20)36-23(15)17-8-4-3-5-9-17)26(34)35-16(2)25(33)31-19-11-6-10-18(14-19)27(28,29)30/h3-14,16H,1-2H3,(H,31,33)/t16-/m1/s1. The third kappa shape index (κ3) is 5.00. The number of amides is 1. The summed E-state index contributed by atoms with van der Waals surface area (Å²) >= 11 is 0. The summed E-state index contributed by atoms with van der Waals surface area (Å²) in [6.45, 7) is 2.90. The number of para-hydroxylation sites is 1. The maximum Gasteiger partial charge on any atom is 0.416 e. The van der Waals surface area contributed by atoms with Gasteiger partial charge >= 0.3 is 12.1 Å². The minimum Gasteiger partial charge on any atom is -0.455 e. The topological polar surface area (TPSA) is 85.6 Å². The van der Waals surface area contributed by atoms with Gasteiger partial charge in [-0.2, -0.15) is 13.2 Å². The molecule has 0 saturated heterocycles. The SMILES string of the molecule is Cc1c(-c2ccccc2)oc2c(C(=O)O[C@H](C)C(=O)Nc3cccc(C(F)(F)F)c3)cccc2c1=O. The number of alkyl halides is 3. The minimum absolute atomic E-state index is 0.00226. The van der Waals surface area contributed by atoms with Crippen molar-refractivity contribution >= 4 is 28.5 Å². The number of ether oxygens (including phenoxy) is 1. The van der Waals surface area contributed by atoms with Gasteiger partial charge in [-0.05, 0) is 44.2 Å². The number of halogens is 3. The van der Waals surface area contributed by atoms with Crippen LogP contribution < -0.4 is 10.7 Å². The van der Waals surface area contributed by atoms with Crippen molar-refractivity contribution in [3.63, 3.8) is 0 Å². The highest BCUT2D eigenvalue weighted by molar-refractivity contribution is 6.04. The van der Waals surface area contributed by atoms with Crippen LogP contribution in [0, 0.1) is 6.92 Å². The molecule has 0 spiro atoms. The number of hydrogen-bond donors (Lipinski definition) is 1. The Bertz CT molecular complexity index is 1510. The largest absolute Gasteiger partial charge is 0.455 e. The third-order valence-corrected chi connectivity index (χ3v) is 5.51. The molecule has 4 rings (SSSR count). The normalized spacial score (nSPS) is 12.2. The second-order valence-electron chi connectivity index (χ2n) is 8.05. The fourth-order valence-electron chi connectivity index (χ4n) is 3.63. The van der Waals surface area contributed by atoms with Crippen molar-refractivity contribution in [2.75, 3.05) is 5.32 Å². The van der Waals surface area contributed by atoms with E-state index in [1.54, 1.807) is 31.2 Å². The maximum absolute atomic E-state index is 13.0. The fraction of sp³-hybridized carbons (Fsp3) is 0.148. The van der Waals surface area contributed by atoms with Gasteiger partial charge < -0.3 is 14.5 Å². The van der Waals surface area contributed by atoms with Gasteiger partial charge in [-0.1, -0.05) is 42.5 Å². The molecule has 0 aliphatic heterocycles. The minimum atomic E-state index is -4.58. The van der Waals surface area contributed by atoms with E-state index >= 15 is 0 Å². The number of benzene rings is 3. The molecule has 1 aromatic heterocycles. The summed E-state index contributed by atoms with van der Waals surface area (Å²) in [5, 5.41) is 2.47. The summed E-state index contributed by atoms with van der Waals surface area (Å²) < 4.78 is 50.0. The fourth-order valence-corrected chi connectivity index (χ4v) is 3.63. The molecule has 184 valence electrons. The second-order valence-corrected chi connectivity index (χ2v) is 8.05. The van der Waals surface area contributed by atoms with Crippen LogP contribution in [-0.4, -0.2) is 18.0 Å². The van der Waals surface area contributed by atoms with Crippen LogP contribution in [0.4, 0.5) is 18.9 Å². The van der Waals surface area contributed by atoms with E-state index < -0.39 is 29.7 Å². The molecule has 9 heteroatoms. The van der Waals surface area contributed by atoms with Crippen molar-refractivity contribution in [3.8, 4) is 11.3 Å². The molecule has 36 heavy (non-hydrogen) atoms. The van der Waals surface area contributed by atoms with Crippen molar-refractivity contribution in [3.05, 3.63) is 99.7 Å². The van der Waals surface area contributed by atoms with Crippen LogP contribution in [0.2, 0.25) is 0 Å². The summed E-state index contributed by atoms with van der Waals surface area (Å²) in [6.07, 6.45) is -5.93. The van der Waals surface area contributed by atoms with E-state index in [0.717, 1.165) is 18.2 Å². The van der Waals surface area contributed by atoms with E-state index in [-0.39, 0.29) is 27.6 Å². The lowest BCUT2D eigenvalue weighted by atomic mass is 10.0. The van der Waals surface area contributed by atoms with Gasteiger partial charge in [0.05, 0.1) is 10.9 Å². The number of hydrogen-bond acceptors (Lipinski definition) is 5. The third-order valence-electron chi connectivity index (χ3n) is 5.51. The Kier molecular flexibility index (Phi) is 6.65. The van der Waals surface area contributed by atoms with Gasteiger partial charge in [0.15, 0.2) is 17.1 Å². The summed E-state index contributed by atoms with van der Waals surface area (Å²) in [6, 6.07) is 17.4. The molecule has 0 bridgehead atoms. The number of anilines is 1. The molecule has 1 N–H and O–H groups in total. The molecule has 6 nitrogen and oxygen atoms in total. The Balaban J connectivity index is 1.60. The number of fused-ring (bicyclic) bond motifs is 1. The number of nitrogens with one attached hydrogen (secondary N) is 1. The van der Waals surface area contributed by atoms with E-state index in [1.807, 2.05) is 6.07 Å². The lowest BCUT2D eigenvalue weighted by Gasteiger charge is -2.15. The van der Waals surface area contributed by atoms with E-state index in [2.05, 4.69) is 5.32 Å². The predicted octanol–water partition coefficient (Wildman–Crippen LogP) is 5.97. The van der Waals surface area contributed by atoms with Crippen LogP contribution in [0.25, 0.3) is 22.3 Å². The van der Waals surface area contributed by atoms with Crippen LogP contribution in [0.15, 0.2) is 82.0 Å². The van der Waals surface area contributed by atoms with Crippen LogP contribution >= 0.6 is 0 Å². The summed E-state index contributed by atoms with van der Waals surface area (Å²) in [5.74, 6) is -1.47. The maximum atomic E-state index is 13.0. The number of carbonyl (C=O) groups excluding carboxylic acids is 2. The molecule has 3 aromatic carbocycles. The van der Waals surface area contributed by atoms with Gasteiger partial charge in [0.2, 0.25) is 0 Å². The number of carbonyl (C=O) groups is 2. The molecule has 1 amide bonds. The average Bonchev–Trinajstić information content (AvgIpc) is 2.86. The van der Waals surface area contributed by atoms with Crippen molar-refractivity contribution < 1.29 is 31.9 Å². The molecule has 4 aromatic rings. The lowest BCUT2D eigenvalue weighted by Crippen LogP contribution is -2.30. The molecule has 0 aliphatic carbocycles. The monoisotopic (exact) mass is 495 g/mol. The number of esters is 1. The highest BCUT2D eigenvalue weighted by Crippen LogP contribution is 2.31. The van der Waals surface area contributed by atoms with Gasteiger partial charge in [0.1, 0.15) is 11.3 Å². The van der Waals surface area contributed by atoms with Gasteiger partial charge in [0, 0.05) is 16.8 Å². The van der Waals surface area contributed by atoms with Gasteiger partial charge in [0.25, 0.3) is 5.91 Å². The van der Waals surface area contributed by atoms with Crippen LogP contribution in [0.3, 0.4) is 0 Å². The Labute approximate surface area is 203 Å². The van der Waals surface area contributed by atoms with E-state index in [1.165, 1.54) is 31.2 Å². The van der Waals surface area contributed by atoms with Crippen molar-refractivity contribution in [1.82, 2.24) is 0 Å². The Morgan fingerprint density at radius 3 is 2.36 bits per heavy atom. The average molecular weight is 495 g/mol. The molecule has 1 atom stereocenters. The smallest absolute Gasteiger partial charge is 0.416 e. The Hall–Kier alpha value is -4.40. The molecule has 0 unspecified atom stereocenters. The molecule has 0 saturated carbocycles. The van der Waals surface area contributed by atoms with E-state index in [9.17, 15) is 27.6 Å². The first-order valence-corrected chi connectivity index (χ1v) is 10.9. The van der Waals surface area contributed by atoms with Gasteiger partial charge in [-0.25, -0.2) is 4.79 Å². The highest BCUT2D eigenvalue weighted by Gasteiger charge is 2.31. The van der Waals surface area contributed by atoms with Gasteiger partial charge in [-0.15, -0.1) is 0 Å². The van der Waals surface area contributed by atoms with E-state index in [0.29, 0.717) is 16.9 Å². The predicted molar refractivity (Wildman–Crippen MR) is 128 cm³/mol. The van der Waals surface area contributed by atoms with Crippen molar-refractivity contribution in [1.29, 1.82) is 0 Å². The van der Waals surface area contributed by atoms with E-state index in [4.69, 9.17) is 9.15 Å². The van der Waals surface area contributed by atoms with Crippen LogP contribution in [0.5, 0.6) is 0 Å². The molecule has 1 heterocycles. The summed E-state index contributed by atoms with van der Waals surface area (Å²) in [7, 11) is 0. The molecule has 0 aliphatic rings. The Morgan fingerprint density at radius 2 is 1.67 bits per heavy atom. The first-order valence-electron chi connectivity index (χ1n) is 10.9. The quantitative estimate of drug-likeness (QED) is 0.345. The lowest BCUT2D eigenvalue weighted by molar-refractivity contribution is -0.137. The summed E-state index contributed by atoms with van der Waals surface area (Å²) in [4.78, 5) is 38.4. The summed E-state index contributed by atoms with van der Waals surface area (Å²) in [5.41, 5.74) is -0.404. The zero-order chi connectivity index (χ0) is 26.0. The van der Waals surface area contributed by atoms with Crippen molar-refractivity contribution in [2.45, 2.75) is 26.1 Å². The first-order chi connectivity index (χ1) is 17.1. The Morgan fingerprint density at radius 1 is 0.972 bits per heavy atom. The van der Waals surface area contributed by atoms with Crippen LogP contribution in [-0.2, 0) is 15.7 Å². The molecule has 0 radical (unpaired) electrons.